The number of nitrogens with one attached hydrogen (secondary N) is 1. The quantitative estimate of drug-likeness (QED) is 0.717. The molecule has 7 nitrogen and oxygen atoms in total. The van der Waals surface area contributed by atoms with Crippen molar-refractivity contribution in [3.05, 3.63) is 47.1 Å². The summed E-state index contributed by atoms with van der Waals surface area (Å²) < 4.78 is 23.3. The Hall–Kier alpha value is -2.94. The zero-order chi connectivity index (χ0) is 19.3. The molecule has 9 heteroatoms. The van der Waals surface area contributed by atoms with Crippen molar-refractivity contribution in [1.29, 1.82) is 0 Å². The van der Waals surface area contributed by atoms with Crippen molar-refractivity contribution in [3.8, 4) is 5.75 Å². The van der Waals surface area contributed by atoms with Crippen LogP contribution in [0, 0.1) is 5.82 Å². The van der Waals surface area contributed by atoms with Gasteiger partial charge in [0.2, 0.25) is 0 Å². The van der Waals surface area contributed by atoms with Gasteiger partial charge in [-0.3, -0.25) is 9.59 Å². The highest BCUT2D eigenvalue weighted by molar-refractivity contribution is 7.14. The molecular weight excluding hydrogens is 363 g/mol. The Bertz CT molecular complexity index is 806. The van der Waals surface area contributed by atoms with Crippen LogP contribution in [0.2, 0.25) is 0 Å². The fourth-order valence-corrected chi connectivity index (χ4v) is 2.70. The zero-order valence-electron chi connectivity index (χ0n) is 14.0. The summed E-state index contributed by atoms with van der Waals surface area (Å²) in [4.78, 5) is 35.4. The van der Waals surface area contributed by atoms with Gasteiger partial charge >= 0.3 is 5.97 Å². The lowest BCUT2D eigenvalue weighted by atomic mass is 10.3. The third kappa shape index (κ3) is 5.03. The van der Waals surface area contributed by atoms with E-state index in [4.69, 9.17) is 15.2 Å². The van der Waals surface area contributed by atoms with E-state index < -0.39 is 35.8 Å². The van der Waals surface area contributed by atoms with Crippen LogP contribution in [-0.4, -0.2) is 30.0 Å². The first kappa shape index (κ1) is 19.4. The van der Waals surface area contributed by atoms with Crippen LogP contribution in [0.15, 0.2) is 35.7 Å². The first-order valence-corrected chi connectivity index (χ1v) is 8.46. The summed E-state index contributed by atoms with van der Waals surface area (Å²) in [5.74, 6) is -2.19. The van der Waals surface area contributed by atoms with Gasteiger partial charge in [0.05, 0.1) is 5.56 Å². The Morgan fingerprint density at radius 1 is 1.12 bits per heavy atom. The maximum atomic E-state index is 12.9. The second-order valence-electron chi connectivity index (χ2n) is 5.31. The molecule has 2 atom stereocenters. The van der Waals surface area contributed by atoms with E-state index in [1.54, 1.807) is 5.38 Å². The van der Waals surface area contributed by atoms with Gasteiger partial charge in [0.15, 0.2) is 12.2 Å². The van der Waals surface area contributed by atoms with Crippen molar-refractivity contribution in [2.45, 2.75) is 26.1 Å². The number of hydrogen-bond donors (Lipinski definition) is 2. The number of halogens is 1. The average Bonchev–Trinajstić information content (AvgIpc) is 3.05. The van der Waals surface area contributed by atoms with Crippen molar-refractivity contribution in [2.75, 3.05) is 5.32 Å². The molecule has 0 aliphatic heterocycles. The number of thiophene rings is 1. The standard InChI is InChI=1S/C17H17FN2O5S/c1-9(15(22)20-16-13(14(19)21)7-8-26-16)25-17(23)10(2)24-12-5-3-11(18)4-6-12/h3-10H,1-2H3,(H2,19,21)(H,20,22)/t9-,10+/m0/s1. The SMILES string of the molecule is C[C@H](OC(=O)[C@@H](C)Oc1ccc(F)cc1)C(=O)Nc1sccc1C(N)=O. The Morgan fingerprint density at radius 3 is 2.38 bits per heavy atom. The van der Waals surface area contributed by atoms with Crippen molar-refractivity contribution in [1.82, 2.24) is 0 Å². The number of nitrogens with two attached hydrogens (primary N) is 1. The molecule has 2 rings (SSSR count). The van der Waals surface area contributed by atoms with E-state index in [2.05, 4.69) is 5.32 Å². The molecule has 2 amide bonds. The molecule has 138 valence electrons. The summed E-state index contributed by atoms with van der Waals surface area (Å²) >= 11 is 1.12. The number of esters is 1. The van der Waals surface area contributed by atoms with Crippen LogP contribution < -0.4 is 15.8 Å². The summed E-state index contributed by atoms with van der Waals surface area (Å²) in [6, 6.07) is 6.62. The predicted molar refractivity (Wildman–Crippen MR) is 93.5 cm³/mol. The highest BCUT2D eigenvalue weighted by Crippen LogP contribution is 2.23. The van der Waals surface area contributed by atoms with Crippen LogP contribution in [0.25, 0.3) is 0 Å². The van der Waals surface area contributed by atoms with Gasteiger partial charge < -0.3 is 20.5 Å². The molecule has 1 aromatic carbocycles. The molecule has 26 heavy (non-hydrogen) atoms. The average molecular weight is 380 g/mol. The van der Waals surface area contributed by atoms with Gasteiger partial charge in [-0.15, -0.1) is 11.3 Å². The third-order valence-electron chi connectivity index (χ3n) is 3.29. The van der Waals surface area contributed by atoms with Gasteiger partial charge in [-0.05, 0) is 49.6 Å². The minimum Gasteiger partial charge on any atom is -0.479 e. The fourth-order valence-electron chi connectivity index (χ4n) is 1.90. The van der Waals surface area contributed by atoms with Crippen LogP contribution in [-0.2, 0) is 14.3 Å². The molecule has 0 aliphatic carbocycles. The number of carbonyl (C=O) groups is 3. The minimum absolute atomic E-state index is 0.176. The fraction of sp³-hybridized carbons (Fsp3) is 0.235. The normalized spacial score (nSPS) is 12.7. The molecule has 1 aromatic heterocycles. The van der Waals surface area contributed by atoms with E-state index >= 15 is 0 Å². The van der Waals surface area contributed by atoms with E-state index in [9.17, 15) is 18.8 Å². The highest BCUT2D eigenvalue weighted by atomic mass is 32.1. The topological polar surface area (TPSA) is 108 Å². The summed E-state index contributed by atoms with van der Waals surface area (Å²) in [7, 11) is 0. The van der Waals surface area contributed by atoms with Crippen molar-refractivity contribution in [2.24, 2.45) is 5.73 Å². The lowest BCUT2D eigenvalue weighted by Crippen LogP contribution is -2.35. The predicted octanol–water partition coefficient (Wildman–Crippen LogP) is 2.32. The summed E-state index contributed by atoms with van der Waals surface area (Å²) in [6.45, 7) is 2.83. The Morgan fingerprint density at radius 2 is 1.77 bits per heavy atom. The first-order chi connectivity index (χ1) is 12.3. The highest BCUT2D eigenvalue weighted by Gasteiger charge is 2.24. The molecule has 0 saturated heterocycles. The number of ether oxygens (including phenoxy) is 2. The summed E-state index contributed by atoms with van der Waals surface area (Å²) in [5, 5.41) is 4.37. The van der Waals surface area contributed by atoms with Gasteiger partial charge in [0.1, 0.15) is 16.6 Å². The van der Waals surface area contributed by atoms with Crippen LogP contribution in [0.1, 0.15) is 24.2 Å². The number of hydrogen-bond acceptors (Lipinski definition) is 6. The summed E-state index contributed by atoms with van der Waals surface area (Å²) in [5.41, 5.74) is 5.38. The molecule has 0 aliphatic rings. The number of carbonyl (C=O) groups excluding carboxylic acids is 3. The van der Waals surface area contributed by atoms with Crippen LogP contribution in [0.3, 0.4) is 0 Å². The van der Waals surface area contributed by atoms with E-state index in [0.717, 1.165) is 11.3 Å². The van der Waals surface area contributed by atoms with E-state index in [-0.39, 0.29) is 16.3 Å². The number of amides is 2. The van der Waals surface area contributed by atoms with Gasteiger partial charge in [-0.25, -0.2) is 9.18 Å². The lowest BCUT2D eigenvalue weighted by molar-refractivity contribution is -0.159. The van der Waals surface area contributed by atoms with Crippen LogP contribution >= 0.6 is 11.3 Å². The van der Waals surface area contributed by atoms with Crippen LogP contribution in [0.4, 0.5) is 9.39 Å². The van der Waals surface area contributed by atoms with Crippen molar-refractivity contribution < 1.29 is 28.2 Å². The molecule has 2 aromatic rings. The Labute approximate surface area is 152 Å². The molecule has 0 saturated carbocycles. The van der Waals surface area contributed by atoms with Gasteiger partial charge in [-0.2, -0.15) is 0 Å². The molecule has 0 bridgehead atoms. The number of benzene rings is 1. The van der Waals surface area contributed by atoms with Gasteiger partial charge in [0.25, 0.3) is 11.8 Å². The van der Waals surface area contributed by atoms with Crippen molar-refractivity contribution in [3.63, 3.8) is 0 Å². The number of rotatable bonds is 7. The number of anilines is 1. The maximum absolute atomic E-state index is 12.9. The lowest BCUT2D eigenvalue weighted by Gasteiger charge is -2.17. The minimum atomic E-state index is -1.12. The second-order valence-corrected chi connectivity index (χ2v) is 6.23. The van der Waals surface area contributed by atoms with Gasteiger partial charge in [-0.1, -0.05) is 0 Å². The molecule has 0 radical (unpaired) electrons. The van der Waals surface area contributed by atoms with E-state index in [0.29, 0.717) is 0 Å². The molecular formula is C17H17FN2O5S. The van der Waals surface area contributed by atoms with E-state index in [1.807, 2.05) is 0 Å². The molecule has 1 heterocycles. The van der Waals surface area contributed by atoms with E-state index in [1.165, 1.54) is 44.2 Å². The largest absolute Gasteiger partial charge is 0.479 e. The van der Waals surface area contributed by atoms with Crippen molar-refractivity contribution >= 4 is 34.1 Å². The molecule has 0 fully saturated rings. The first-order valence-electron chi connectivity index (χ1n) is 7.58. The third-order valence-corrected chi connectivity index (χ3v) is 4.12. The monoisotopic (exact) mass is 380 g/mol. The maximum Gasteiger partial charge on any atom is 0.347 e. The second kappa shape index (κ2) is 8.43. The van der Waals surface area contributed by atoms with Gasteiger partial charge in [0, 0.05) is 0 Å². The molecule has 0 unspecified atom stereocenters. The summed E-state index contributed by atoms with van der Waals surface area (Å²) in [6.07, 6.45) is -2.12. The zero-order valence-corrected chi connectivity index (χ0v) is 14.8. The molecule has 3 N–H and O–H groups in total. The van der Waals surface area contributed by atoms with Crippen LogP contribution in [0.5, 0.6) is 5.75 Å². The Balaban J connectivity index is 1.90. The smallest absolute Gasteiger partial charge is 0.347 e. The Kier molecular flexibility index (Phi) is 6.29. The number of primary amides is 1. The molecule has 0 spiro atoms.